The van der Waals surface area contributed by atoms with Crippen molar-refractivity contribution in [2.45, 2.75) is 66.7 Å². The summed E-state index contributed by atoms with van der Waals surface area (Å²) in [6.45, 7) is 13.1. The molecule has 0 saturated heterocycles. The van der Waals surface area contributed by atoms with E-state index in [2.05, 4.69) is 47.2 Å². The largest absolute Gasteiger partial charge is 0.381 e. The van der Waals surface area contributed by atoms with E-state index in [1.807, 2.05) is 0 Å². The van der Waals surface area contributed by atoms with E-state index in [1.54, 1.807) is 0 Å². The summed E-state index contributed by atoms with van der Waals surface area (Å²) >= 11 is 4.55. The SMILES string of the molecule is CCCC(CS)(CCC)COCCC(C)(C)C. The quantitative estimate of drug-likeness (QED) is 0.455. The van der Waals surface area contributed by atoms with Gasteiger partial charge in [-0.05, 0) is 30.4 Å². The maximum atomic E-state index is 5.92. The Morgan fingerprint density at radius 1 is 0.941 bits per heavy atom. The minimum atomic E-state index is 0.310. The van der Waals surface area contributed by atoms with Gasteiger partial charge in [0, 0.05) is 12.0 Å². The summed E-state index contributed by atoms with van der Waals surface area (Å²) in [6.07, 6.45) is 6.06. The van der Waals surface area contributed by atoms with E-state index in [0.29, 0.717) is 10.8 Å². The zero-order valence-electron chi connectivity index (χ0n) is 12.5. The van der Waals surface area contributed by atoms with Gasteiger partial charge in [-0.3, -0.25) is 0 Å². The van der Waals surface area contributed by atoms with Crippen molar-refractivity contribution in [2.75, 3.05) is 19.0 Å². The molecule has 0 heterocycles. The summed E-state index contributed by atoms with van der Waals surface area (Å²) in [7, 11) is 0. The summed E-state index contributed by atoms with van der Waals surface area (Å²) < 4.78 is 5.92. The zero-order chi connectivity index (χ0) is 13.4. The molecule has 0 N–H and O–H groups in total. The van der Waals surface area contributed by atoms with Crippen molar-refractivity contribution in [1.29, 1.82) is 0 Å². The molecule has 0 aliphatic carbocycles. The van der Waals surface area contributed by atoms with Crippen molar-refractivity contribution >= 4 is 12.6 Å². The maximum Gasteiger partial charge on any atom is 0.0530 e. The Hall–Kier alpha value is 0.310. The van der Waals surface area contributed by atoms with E-state index in [1.165, 1.54) is 25.7 Å². The van der Waals surface area contributed by atoms with Gasteiger partial charge in [-0.25, -0.2) is 0 Å². The Bertz CT molecular complexity index is 178. The highest BCUT2D eigenvalue weighted by Crippen LogP contribution is 2.32. The summed E-state index contributed by atoms with van der Waals surface area (Å²) in [5, 5.41) is 0. The number of thiol groups is 1. The molecule has 0 aromatic rings. The van der Waals surface area contributed by atoms with Crippen LogP contribution in [0.1, 0.15) is 66.7 Å². The topological polar surface area (TPSA) is 9.23 Å². The second kappa shape index (κ2) is 8.42. The van der Waals surface area contributed by atoms with Gasteiger partial charge in [-0.1, -0.05) is 47.5 Å². The molecule has 0 spiro atoms. The van der Waals surface area contributed by atoms with Crippen LogP contribution in [0.2, 0.25) is 0 Å². The molecule has 0 atom stereocenters. The van der Waals surface area contributed by atoms with Crippen molar-refractivity contribution in [1.82, 2.24) is 0 Å². The van der Waals surface area contributed by atoms with E-state index in [0.717, 1.165) is 25.4 Å². The third-order valence-corrected chi connectivity index (χ3v) is 3.97. The lowest BCUT2D eigenvalue weighted by atomic mass is 9.82. The molecular formula is C15H32OS. The van der Waals surface area contributed by atoms with Crippen LogP contribution >= 0.6 is 12.6 Å². The first-order chi connectivity index (χ1) is 7.89. The minimum absolute atomic E-state index is 0.310. The Kier molecular flexibility index (Phi) is 8.57. The van der Waals surface area contributed by atoms with Gasteiger partial charge in [0.2, 0.25) is 0 Å². The van der Waals surface area contributed by atoms with Crippen molar-refractivity contribution in [2.24, 2.45) is 10.8 Å². The second-order valence-electron chi connectivity index (χ2n) is 6.52. The molecule has 0 rings (SSSR count). The summed E-state index contributed by atoms with van der Waals surface area (Å²) in [6, 6.07) is 0. The van der Waals surface area contributed by atoms with Gasteiger partial charge in [-0.15, -0.1) is 0 Å². The number of hydrogen-bond acceptors (Lipinski definition) is 2. The Balaban J connectivity index is 4.07. The van der Waals surface area contributed by atoms with E-state index in [4.69, 9.17) is 4.74 Å². The fourth-order valence-electron chi connectivity index (χ4n) is 2.20. The highest BCUT2D eigenvalue weighted by molar-refractivity contribution is 7.80. The molecular weight excluding hydrogens is 228 g/mol. The van der Waals surface area contributed by atoms with Gasteiger partial charge in [0.1, 0.15) is 0 Å². The van der Waals surface area contributed by atoms with Crippen LogP contribution in [0.4, 0.5) is 0 Å². The second-order valence-corrected chi connectivity index (χ2v) is 6.84. The predicted molar refractivity (Wildman–Crippen MR) is 81.0 cm³/mol. The van der Waals surface area contributed by atoms with Gasteiger partial charge in [-0.2, -0.15) is 12.6 Å². The molecule has 104 valence electrons. The average Bonchev–Trinajstić information content (AvgIpc) is 2.23. The third-order valence-electron chi connectivity index (χ3n) is 3.30. The fraction of sp³-hybridized carbons (Fsp3) is 1.00. The van der Waals surface area contributed by atoms with Crippen LogP contribution in [0.3, 0.4) is 0 Å². The van der Waals surface area contributed by atoms with Gasteiger partial charge >= 0.3 is 0 Å². The summed E-state index contributed by atoms with van der Waals surface area (Å²) in [4.78, 5) is 0. The first-order valence-electron chi connectivity index (χ1n) is 7.08. The summed E-state index contributed by atoms with van der Waals surface area (Å²) in [5.74, 6) is 0.949. The molecule has 0 aliphatic heterocycles. The van der Waals surface area contributed by atoms with Crippen molar-refractivity contribution < 1.29 is 4.74 Å². The van der Waals surface area contributed by atoms with Crippen molar-refractivity contribution in [3.05, 3.63) is 0 Å². The van der Waals surface area contributed by atoms with Crippen LogP contribution in [0.5, 0.6) is 0 Å². The molecule has 0 aliphatic rings. The molecule has 2 heteroatoms. The van der Waals surface area contributed by atoms with Crippen molar-refractivity contribution in [3.8, 4) is 0 Å². The molecule has 0 amide bonds. The molecule has 0 aromatic heterocycles. The maximum absolute atomic E-state index is 5.92. The molecule has 0 aromatic carbocycles. The Labute approximate surface area is 114 Å². The smallest absolute Gasteiger partial charge is 0.0530 e. The molecule has 0 radical (unpaired) electrons. The molecule has 0 unspecified atom stereocenters. The number of ether oxygens (including phenoxy) is 1. The predicted octanol–water partition coefficient (Wildman–Crippen LogP) is 4.96. The van der Waals surface area contributed by atoms with Crippen LogP contribution in [-0.4, -0.2) is 19.0 Å². The van der Waals surface area contributed by atoms with E-state index >= 15 is 0 Å². The highest BCUT2D eigenvalue weighted by atomic mass is 32.1. The molecule has 1 nitrogen and oxygen atoms in total. The van der Waals surface area contributed by atoms with Crippen LogP contribution in [0.25, 0.3) is 0 Å². The zero-order valence-corrected chi connectivity index (χ0v) is 13.4. The molecule has 17 heavy (non-hydrogen) atoms. The van der Waals surface area contributed by atoms with Gasteiger partial charge in [0.15, 0.2) is 0 Å². The minimum Gasteiger partial charge on any atom is -0.381 e. The lowest BCUT2D eigenvalue weighted by Gasteiger charge is -2.32. The van der Waals surface area contributed by atoms with E-state index in [9.17, 15) is 0 Å². The average molecular weight is 260 g/mol. The van der Waals surface area contributed by atoms with Gasteiger partial charge in [0.05, 0.1) is 6.61 Å². The number of hydrogen-bond donors (Lipinski definition) is 1. The van der Waals surface area contributed by atoms with Crippen LogP contribution in [0.15, 0.2) is 0 Å². The van der Waals surface area contributed by atoms with E-state index < -0.39 is 0 Å². The first-order valence-corrected chi connectivity index (χ1v) is 7.71. The van der Waals surface area contributed by atoms with Crippen LogP contribution < -0.4 is 0 Å². The monoisotopic (exact) mass is 260 g/mol. The van der Waals surface area contributed by atoms with Crippen LogP contribution in [0, 0.1) is 10.8 Å². The van der Waals surface area contributed by atoms with Crippen molar-refractivity contribution in [3.63, 3.8) is 0 Å². The lowest BCUT2D eigenvalue weighted by molar-refractivity contribution is 0.0330. The molecule has 0 bridgehead atoms. The van der Waals surface area contributed by atoms with Crippen LogP contribution in [-0.2, 0) is 4.74 Å². The van der Waals surface area contributed by atoms with Gasteiger partial charge < -0.3 is 4.74 Å². The highest BCUT2D eigenvalue weighted by Gasteiger charge is 2.27. The number of rotatable bonds is 9. The fourth-order valence-corrected chi connectivity index (χ4v) is 2.61. The third kappa shape index (κ3) is 8.10. The Morgan fingerprint density at radius 3 is 1.82 bits per heavy atom. The normalized spacial score (nSPS) is 13.1. The Morgan fingerprint density at radius 2 is 1.47 bits per heavy atom. The standard InChI is InChI=1S/C15H32OS/c1-6-8-15(13-17,9-7-2)12-16-11-10-14(3,4)5/h17H,6-13H2,1-5H3. The molecule has 0 saturated carbocycles. The summed E-state index contributed by atoms with van der Waals surface area (Å²) in [5.41, 5.74) is 0.684. The molecule has 0 fully saturated rings. The van der Waals surface area contributed by atoms with E-state index in [-0.39, 0.29) is 0 Å². The first kappa shape index (κ1) is 17.3. The lowest BCUT2D eigenvalue weighted by Crippen LogP contribution is -2.29. The van der Waals surface area contributed by atoms with Gasteiger partial charge in [0.25, 0.3) is 0 Å².